The first-order chi connectivity index (χ1) is 10.5. The number of rotatable bonds is 5. The van der Waals surface area contributed by atoms with Crippen LogP contribution in [0, 0.1) is 17.5 Å². The van der Waals surface area contributed by atoms with E-state index in [-0.39, 0.29) is 23.2 Å². The van der Waals surface area contributed by atoms with E-state index in [2.05, 4.69) is 5.32 Å². The molecule has 0 saturated heterocycles. The van der Waals surface area contributed by atoms with Gasteiger partial charge in [-0.1, -0.05) is 12.1 Å². The number of hydrogen-bond acceptors (Lipinski definition) is 2. The molecule has 6 heteroatoms. The fourth-order valence-electron chi connectivity index (χ4n) is 1.75. The van der Waals surface area contributed by atoms with Crippen molar-refractivity contribution in [3.63, 3.8) is 0 Å². The molecule has 116 valence electrons. The van der Waals surface area contributed by atoms with Gasteiger partial charge in [0.25, 0.3) is 0 Å². The molecule has 0 fully saturated rings. The quantitative estimate of drug-likeness (QED) is 0.845. The predicted molar refractivity (Wildman–Crippen MR) is 79.9 cm³/mol. The van der Waals surface area contributed by atoms with E-state index >= 15 is 0 Å². The van der Waals surface area contributed by atoms with E-state index in [1.807, 2.05) is 0 Å². The number of carbonyl (C=O) groups excluding carboxylic acids is 1. The Hall–Kier alpha value is -1.95. The van der Waals surface area contributed by atoms with E-state index in [9.17, 15) is 18.0 Å². The van der Waals surface area contributed by atoms with Gasteiger partial charge in [-0.05, 0) is 42.8 Å². The van der Waals surface area contributed by atoms with Crippen molar-refractivity contribution in [2.45, 2.75) is 23.6 Å². The molecular weight excluding hydrogens is 311 g/mol. The van der Waals surface area contributed by atoms with Gasteiger partial charge in [-0.15, -0.1) is 11.8 Å². The Bertz CT molecular complexity index is 661. The Morgan fingerprint density at radius 2 is 1.73 bits per heavy atom. The molecule has 0 saturated carbocycles. The number of nitrogens with one attached hydrogen (secondary N) is 1. The van der Waals surface area contributed by atoms with Crippen LogP contribution >= 0.6 is 11.8 Å². The first-order valence-corrected chi connectivity index (χ1v) is 7.47. The Morgan fingerprint density at radius 1 is 1.09 bits per heavy atom. The predicted octanol–water partition coefficient (Wildman–Crippen LogP) is 3.90. The second-order valence-electron chi connectivity index (χ2n) is 4.68. The number of carbonyl (C=O) groups is 1. The van der Waals surface area contributed by atoms with Crippen LogP contribution in [0.5, 0.6) is 0 Å². The summed E-state index contributed by atoms with van der Waals surface area (Å²) in [6.07, 6.45) is 0. The first kappa shape index (κ1) is 16.4. The van der Waals surface area contributed by atoms with Gasteiger partial charge in [-0.25, -0.2) is 13.2 Å². The van der Waals surface area contributed by atoms with Crippen LogP contribution in [0.3, 0.4) is 0 Å². The van der Waals surface area contributed by atoms with Crippen LogP contribution in [0.4, 0.5) is 13.2 Å². The van der Waals surface area contributed by atoms with E-state index in [0.717, 1.165) is 35.5 Å². The van der Waals surface area contributed by atoms with Gasteiger partial charge in [0, 0.05) is 11.4 Å². The standard InChI is InChI=1S/C16H14F3NOS/c1-10(22-15-8-13(18)6-7-14(15)19)16(21)20-9-11-2-4-12(17)5-3-11/h2-8,10H,9H2,1H3,(H,20,21)/t10-/m1/s1. The summed E-state index contributed by atoms with van der Waals surface area (Å²) >= 11 is 0.943. The summed E-state index contributed by atoms with van der Waals surface area (Å²) in [6.45, 7) is 1.85. The van der Waals surface area contributed by atoms with Gasteiger partial charge in [0.1, 0.15) is 17.5 Å². The molecule has 0 spiro atoms. The normalized spacial score (nSPS) is 12.0. The summed E-state index contributed by atoms with van der Waals surface area (Å²) in [7, 11) is 0. The summed E-state index contributed by atoms with van der Waals surface area (Å²) in [5.74, 6) is -1.77. The summed E-state index contributed by atoms with van der Waals surface area (Å²) in [5, 5.41) is 2.09. The number of amides is 1. The van der Waals surface area contributed by atoms with Gasteiger partial charge in [-0.2, -0.15) is 0 Å². The number of benzene rings is 2. The van der Waals surface area contributed by atoms with Crippen LogP contribution in [-0.2, 0) is 11.3 Å². The van der Waals surface area contributed by atoms with Crippen LogP contribution < -0.4 is 5.32 Å². The fraction of sp³-hybridized carbons (Fsp3) is 0.188. The molecule has 2 aromatic rings. The highest BCUT2D eigenvalue weighted by Gasteiger charge is 2.16. The lowest BCUT2D eigenvalue weighted by atomic mass is 10.2. The zero-order valence-electron chi connectivity index (χ0n) is 11.8. The van der Waals surface area contributed by atoms with Crippen LogP contribution in [-0.4, -0.2) is 11.2 Å². The lowest BCUT2D eigenvalue weighted by Crippen LogP contribution is -2.30. The molecule has 2 aromatic carbocycles. The van der Waals surface area contributed by atoms with Crippen molar-refractivity contribution in [1.29, 1.82) is 0 Å². The minimum Gasteiger partial charge on any atom is -0.351 e. The smallest absolute Gasteiger partial charge is 0.233 e. The highest BCUT2D eigenvalue weighted by molar-refractivity contribution is 8.00. The average Bonchev–Trinajstić information content (AvgIpc) is 2.50. The summed E-state index contributed by atoms with van der Waals surface area (Å²) in [4.78, 5) is 12.0. The van der Waals surface area contributed by atoms with Gasteiger partial charge in [0.2, 0.25) is 5.91 Å². The van der Waals surface area contributed by atoms with E-state index in [1.165, 1.54) is 12.1 Å². The molecule has 22 heavy (non-hydrogen) atoms. The van der Waals surface area contributed by atoms with Crippen LogP contribution in [0.25, 0.3) is 0 Å². The molecule has 1 N–H and O–H groups in total. The minimum atomic E-state index is -0.586. The molecule has 2 rings (SSSR count). The van der Waals surface area contributed by atoms with Crippen molar-refractivity contribution >= 4 is 17.7 Å². The highest BCUT2D eigenvalue weighted by Crippen LogP contribution is 2.26. The fourth-order valence-corrected chi connectivity index (χ4v) is 2.68. The van der Waals surface area contributed by atoms with Crippen molar-refractivity contribution in [2.24, 2.45) is 0 Å². The molecule has 0 aliphatic heterocycles. The van der Waals surface area contributed by atoms with Crippen molar-refractivity contribution in [1.82, 2.24) is 5.32 Å². The van der Waals surface area contributed by atoms with E-state index in [1.54, 1.807) is 19.1 Å². The minimum absolute atomic E-state index is 0.0874. The van der Waals surface area contributed by atoms with Crippen molar-refractivity contribution < 1.29 is 18.0 Å². The largest absolute Gasteiger partial charge is 0.351 e. The third-order valence-electron chi connectivity index (χ3n) is 2.95. The zero-order valence-corrected chi connectivity index (χ0v) is 12.6. The average molecular weight is 325 g/mol. The molecule has 0 aliphatic carbocycles. The molecule has 1 atom stereocenters. The molecule has 1 amide bonds. The molecule has 0 bridgehead atoms. The summed E-state index contributed by atoms with van der Waals surface area (Å²) in [6, 6.07) is 8.87. The monoisotopic (exact) mass is 325 g/mol. The lowest BCUT2D eigenvalue weighted by molar-refractivity contribution is -0.120. The third-order valence-corrected chi connectivity index (χ3v) is 4.08. The van der Waals surface area contributed by atoms with E-state index < -0.39 is 16.9 Å². The Morgan fingerprint density at radius 3 is 2.41 bits per heavy atom. The molecule has 0 radical (unpaired) electrons. The molecule has 0 unspecified atom stereocenters. The van der Waals surface area contributed by atoms with E-state index in [4.69, 9.17) is 0 Å². The van der Waals surface area contributed by atoms with Gasteiger partial charge in [-0.3, -0.25) is 4.79 Å². The second kappa shape index (κ2) is 7.35. The van der Waals surface area contributed by atoms with Crippen molar-refractivity contribution in [2.75, 3.05) is 0 Å². The van der Waals surface area contributed by atoms with Gasteiger partial charge < -0.3 is 5.32 Å². The van der Waals surface area contributed by atoms with E-state index in [0.29, 0.717) is 0 Å². The molecule has 0 aromatic heterocycles. The molecular formula is C16H14F3NOS. The maximum atomic E-state index is 13.5. The van der Waals surface area contributed by atoms with Crippen molar-refractivity contribution in [3.05, 3.63) is 65.5 Å². The molecule has 2 nitrogen and oxygen atoms in total. The Kier molecular flexibility index (Phi) is 5.49. The lowest BCUT2D eigenvalue weighted by Gasteiger charge is -2.12. The SMILES string of the molecule is C[C@@H](Sc1cc(F)ccc1F)C(=O)NCc1ccc(F)cc1. The molecule has 0 aliphatic rings. The van der Waals surface area contributed by atoms with Gasteiger partial charge in [0.15, 0.2) is 0 Å². The first-order valence-electron chi connectivity index (χ1n) is 6.59. The summed E-state index contributed by atoms with van der Waals surface area (Å²) in [5.41, 5.74) is 0.754. The zero-order chi connectivity index (χ0) is 16.1. The van der Waals surface area contributed by atoms with Crippen molar-refractivity contribution in [3.8, 4) is 0 Å². The van der Waals surface area contributed by atoms with Crippen LogP contribution in [0.1, 0.15) is 12.5 Å². The maximum Gasteiger partial charge on any atom is 0.233 e. The molecule has 0 heterocycles. The van der Waals surface area contributed by atoms with Crippen LogP contribution in [0.2, 0.25) is 0 Å². The topological polar surface area (TPSA) is 29.1 Å². The number of thioether (sulfide) groups is 1. The van der Waals surface area contributed by atoms with Gasteiger partial charge >= 0.3 is 0 Å². The van der Waals surface area contributed by atoms with Crippen LogP contribution in [0.15, 0.2) is 47.4 Å². The Labute approximate surface area is 130 Å². The van der Waals surface area contributed by atoms with Gasteiger partial charge in [0.05, 0.1) is 5.25 Å². The maximum absolute atomic E-state index is 13.5. The number of hydrogen-bond donors (Lipinski definition) is 1. The highest BCUT2D eigenvalue weighted by atomic mass is 32.2. The summed E-state index contributed by atoms with van der Waals surface area (Å²) < 4.78 is 39.4. The third kappa shape index (κ3) is 4.53. The number of halogens is 3. The Balaban J connectivity index is 1.91. The second-order valence-corrected chi connectivity index (χ2v) is 6.06.